The Labute approximate surface area is 202 Å². The predicted octanol–water partition coefficient (Wildman–Crippen LogP) is 5.03. The second kappa shape index (κ2) is 10.6. The molecule has 1 amide bonds. The number of halogens is 1. The summed E-state index contributed by atoms with van der Waals surface area (Å²) in [6.07, 6.45) is 6.92. The average Bonchev–Trinajstić information content (AvgIpc) is 2.83. The molecular weight excluding hydrogens is 456 g/mol. The zero-order chi connectivity index (χ0) is 23.4. The summed E-state index contributed by atoms with van der Waals surface area (Å²) < 4.78 is 27.5. The van der Waals surface area contributed by atoms with Crippen LogP contribution in [0.2, 0.25) is 5.02 Å². The molecule has 0 aromatic heterocycles. The molecule has 1 fully saturated rings. The first-order valence-corrected chi connectivity index (χ1v) is 14.0. The van der Waals surface area contributed by atoms with Gasteiger partial charge in [-0.05, 0) is 79.3 Å². The third kappa shape index (κ3) is 5.97. The number of hydrogen-bond acceptors (Lipinski definition) is 3. The highest BCUT2D eigenvalue weighted by molar-refractivity contribution is 7.88. The van der Waals surface area contributed by atoms with Crippen LogP contribution in [0.1, 0.15) is 67.3 Å². The highest BCUT2D eigenvalue weighted by Gasteiger charge is 2.33. The number of fused-ring (bicyclic) bond motifs is 1. The molecule has 178 valence electrons. The van der Waals surface area contributed by atoms with Crippen molar-refractivity contribution in [2.45, 2.75) is 63.7 Å². The lowest BCUT2D eigenvalue weighted by atomic mass is 9.88. The van der Waals surface area contributed by atoms with Crippen molar-refractivity contribution in [2.75, 3.05) is 13.1 Å². The Bertz CT molecular complexity index is 1090. The summed E-state index contributed by atoms with van der Waals surface area (Å²) in [6, 6.07) is 13.4. The molecule has 1 aliphatic carbocycles. The minimum absolute atomic E-state index is 0.0500. The summed E-state index contributed by atoms with van der Waals surface area (Å²) in [5, 5.41) is 3.79. The van der Waals surface area contributed by atoms with E-state index in [4.69, 9.17) is 11.6 Å². The summed E-state index contributed by atoms with van der Waals surface area (Å²) in [4.78, 5) is 13.2. The van der Waals surface area contributed by atoms with Crippen LogP contribution in [0.25, 0.3) is 0 Å². The van der Waals surface area contributed by atoms with E-state index in [1.807, 2.05) is 0 Å². The Hall–Kier alpha value is -1.89. The number of sulfonamides is 1. The van der Waals surface area contributed by atoms with Gasteiger partial charge < -0.3 is 5.32 Å². The summed E-state index contributed by atoms with van der Waals surface area (Å²) in [5.41, 5.74) is 4.68. The third-order valence-corrected chi connectivity index (χ3v) is 8.98. The van der Waals surface area contributed by atoms with Crippen molar-refractivity contribution in [2.24, 2.45) is 5.92 Å². The number of piperidine rings is 1. The number of benzene rings is 2. The molecule has 0 saturated carbocycles. The number of nitrogens with one attached hydrogen (secondary N) is 1. The van der Waals surface area contributed by atoms with Gasteiger partial charge in [0.2, 0.25) is 15.9 Å². The van der Waals surface area contributed by atoms with E-state index < -0.39 is 10.0 Å². The van der Waals surface area contributed by atoms with Crippen molar-refractivity contribution in [3.8, 4) is 0 Å². The fourth-order valence-electron chi connectivity index (χ4n) is 4.97. The molecule has 1 aliphatic heterocycles. The lowest BCUT2D eigenvalue weighted by molar-refractivity contribution is -0.126. The van der Waals surface area contributed by atoms with Crippen molar-refractivity contribution >= 4 is 27.5 Å². The van der Waals surface area contributed by atoms with Gasteiger partial charge in [-0.2, -0.15) is 0 Å². The van der Waals surface area contributed by atoms with Gasteiger partial charge in [0.15, 0.2) is 0 Å². The largest absolute Gasteiger partial charge is 0.349 e. The minimum atomic E-state index is -3.50. The molecule has 2 atom stereocenters. The molecule has 0 bridgehead atoms. The Kier molecular flexibility index (Phi) is 7.77. The van der Waals surface area contributed by atoms with Crippen LogP contribution in [-0.2, 0) is 33.4 Å². The number of carbonyl (C=O) groups excluding carboxylic acids is 1. The van der Waals surface area contributed by atoms with Gasteiger partial charge in [-0.3, -0.25) is 4.79 Å². The van der Waals surface area contributed by atoms with E-state index in [0.717, 1.165) is 24.8 Å². The molecule has 33 heavy (non-hydrogen) atoms. The first kappa shape index (κ1) is 24.2. The van der Waals surface area contributed by atoms with Crippen molar-refractivity contribution in [1.82, 2.24) is 9.62 Å². The van der Waals surface area contributed by atoms with E-state index in [0.29, 0.717) is 30.0 Å². The van der Waals surface area contributed by atoms with Crippen molar-refractivity contribution in [3.63, 3.8) is 0 Å². The molecule has 2 aromatic carbocycles. The summed E-state index contributed by atoms with van der Waals surface area (Å²) in [7, 11) is -3.50. The zero-order valence-electron chi connectivity index (χ0n) is 19.2. The second-order valence-electron chi connectivity index (χ2n) is 9.28. The number of aryl methyl sites for hydroxylation is 2. The number of carbonyl (C=O) groups is 1. The van der Waals surface area contributed by atoms with Crippen LogP contribution in [0, 0.1) is 5.92 Å². The SMILES string of the molecule is CC[C@H](NC(=O)[C@H]1CCCN(S(=O)(=O)Cc2ccc(Cl)cc2)C1)c1ccc2c(c1)CCCC2. The molecule has 4 rings (SSSR count). The van der Waals surface area contributed by atoms with Gasteiger partial charge in [-0.25, -0.2) is 12.7 Å². The van der Waals surface area contributed by atoms with Crippen LogP contribution < -0.4 is 5.32 Å². The average molecular weight is 489 g/mol. The molecule has 1 heterocycles. The monoisotopic (exact) mass is 488 g/mol. The second-order valence-corrected chi connectivity index (χ2v) is 11.7. The van der Waals surface area contributed by atoms with Crippen LogP contribution in [0.15, 0.2) is 42.5 Å². The minimum Gasteiger partial charge on any atom is -0.349 e. The van der Waals surface area contributed by atoms with E-state index in [2.05, 4.69) is 30.4 Å². The van der Waals surface area contributed by atoms with Crippen LogP contribution in [0.5, 0.6) is 0 Å². The van der Waals surface area contributed by atoms with Gasteiger partial charge >= 0.3 is 0 Å². The lowest BCUT2D eigenvalue weighted by Crippen LogP contribution is -2.46. The Morgan fingerprint density at radius 2 is 1.82 bits per heavy atom. The highest BCUT2D eigenvalue weighted by atomic mass is 35.5. The number of rotatable bonds is 7. The fourth-order valence-corrected chi connectivity index (χ4v) is 6.71. The molecular formula is C26H33ClN2O3S. The lowest BCUT2D eigenvalue weighted by Gasteiger charge is -2.32. The van der Waals surface area contributed by atoms with Crippen LogP contribution >= 0.6 is 11.6 Å². The van der Waals surface area contributed by atoms with E-state index in [1.165, 1.54) is 28.3 Å². The highest BCUT2D eigenvalue weighted by Crippen LogP contribution is 2.27. The molecule has 1 saturated heterocycles. The topological polar surface area (TPSA) is 66.5 Å². The Morgan fingerprint density at radius 3 is 2.55 bits per heavy atom. The maximum Gasteiger partial charge on any atom is 0.224 e. The van der Waals surface area contributed by atoms with Crippen molar-refractivity contribution in [3.05, 3.63) is 69.7 Å². The van der Waals surface area contributed by atoms with Gasteiger partial charge in [-0.15, -0.1) is 0 Å². The van der Waals surface area contributed by atoms with E-state index in [-0.39, 0.29) is 30.2 Å². The van der Waals surface area contributed by atoms with Crippen LogP contribution in [0.4, 0.5) is 0 Å². The third-order valence-electron chi connectivity index (χ3n) is 6.91. The summed E-state index contributed by atoms with van der Waals surface area (Å²) in [5.74, 6) is -0.457. The van der Waals surface area contributed by atoms with Gasteiger partial charge in [0, 0.05) is 18.1 Å². The maximum atomic E-state index is 13.2. The smallest absolute Gasteiger partial charge is 0.224 e. The van der Waals surface area contributed by atoms with Crippen molar-refractivity contribution < 1.29 is 13.2 Å². The van der Waals surface area contributed by atoms with Gasteiger partial charge in [0.1, 0.15) is 0 Å². The molecule has 0 spiro atoms. The summed E-state index contributed by atoms with van der Waals surface area (Å²) >= 11 is 5.91. The molecule has 2 aliphatic rings. The Balaban J connectivity index is 1.41. The fraction of sp³-hybridized carbons (Fsp3) is 0.500. The molecule has 5 nitrogen and oxygen atoms in total. The Morgan fingerprint density at radius 1 is 1.09 bits per heavy atom. The molecule has 2 aromatic rings. The van der Waals surface area contributed by atoms with Gasteiger partial charge in [-0.1, -0.05) is 48.9 Å². The predicted molar refractivity (Wildman–Crippen MR) is 133 cm³/mol. The quantitative estimate of drug-likeness (QED) is 0.594. The van der Waals surface area contributed by atoms with E-state index in [1.54, 1.807) is 24.3 Å². The van der Waals surface area contributed by atoms with Gasteiger partial charge in [0.05, 0.1) is 17.7 Å². The molecule has 1 N–H and O–H groups in total. The van der Waals surface area contributed by atoms with Crippen LogP contribution in [0.3, 0.4) is 0 Å². The molecule has 0 unspecified atom stereocenters. The maximum absolute atomic E-state index is 13.2. The number of hydrogen-bond donors (Lipinski definition) is 1. The normalized spacial score (nSPS) is 20.1. The first-order valence-electron chi connectivity index (χ1n) is 12.0. The van der Waals surface area contributed by atoms with Crippen LogP contribution in [-0.4, -0.2) is 31.7 Å². The van der Waals surface area contributed by atoms with E-state index >= 15 is 0 Å². The zero-order valence-corrected chi connectivity index (χ0v) is 20.8. The number of nitrogens with zero attached hydrogens (tertiary/aromatic N) is 1. The molecule has 7 heteroatoms. The standard InChI is InChI=1S/C26H33ClN2O3S/c1-2-25(22-12-11-20-6-3-4-7-21(20)16-22)28-26(30)23-8-5-15-29(17-23)33(31,32)18-19-9-13-24(27)14-10-19/h9-14,16,23,25H,2-8,15,17-18H2,1H3,(H,28,30)/t23-,25-/m0/s1. The first-order chi connectivity index (χ1) is 15.9. The molecule has 0 radical (unpaired) electrons. The summed E-state index contributed by atoms with van der Waals surface area (Å²) in [6.45, 7) is 2.78. The number of amides is 1. The van der Waals surface area contributed by atoms with E-state index in [9.17, 15) is 13.2 Å². The van der Waals surface area contributed by atoms with Gasteiger partial charge in [0.25, 0.3) is 0 Å². The van der Waals surface area contributed by atoms with Crippen molar-refractivity contribution in [1.29, 1.82) is 0 Å².